The summed E-state index contributed by atoms with van der Waals surface area (Å²) in [6, 6.07) is 6.81. The van der Waals surface area contributed by atoms with Gasteiger partial charge >= 0.3 is 5.97 Å². The first-order chi connectivity index (χ1) is 8.15. The number of carboxylic acid groups (broad SMARTS) is 1. The maximum Gasteiger partial charge on any atom is 0.341 e. The number of benzene rings is 1. The quantitative estimate of drug-likeness (QED) is 0.820. The van der Waals surface area contributed by atoms with E-state index in [2.05, 4.69) is 15.4 Å². The van der Waals surface area contributed by atoms with Crippen LogP contribution in [0.3, 0.4) is 0 Å². The normalized spacial score (nSPS) is 10.2. The molecule has 2 aromatic rings. The average Bonchev–Trinajstić information content (AvgIpc) is 2.74. The highest BCUT2D eigenvalue weighted by Crippen LogP contribution is 2.18. The Balaban J connectivity index is 2.10. The molecule has 17 heavy (non-hydrogen) atoms. The first kappa shape index (κ1) is 11.1. The molecule has 0 aliphatic carbocycles. The molecule has 0 spiro atoms. The molecule has 0 aliphatic rings. The Morgan fingerprint density at radius 2 is 2.12 bits per heavy atom. The molecule has 7 nitrogen and oxygen atoms in total. The van der Waals surface area contributed by atoms with Gasteiger partial charge in [0.15, 0.2) is 6.61 Å². The zero-order valence-electron chi connectivity index (χ0n) is 9.07. The maximum atomic E-state index is 10.3. The molecule has 0 radical (unpaired) electrons. The molecule has 0 bridgehead atoms. The van der Waals surface area contributed by atoms with Gasteiger partial charge in [0, 0.05) is 5.56 Å². The Hall–Kier alpha value is -2.44. The minimum absolute atomic E-state index is 0.358. The molecular weight excluding hydrogens is 224 g/mol. The van der Waals surface area contributed by atoms with Gasteiger partial charge in [0.1, 0.15) is 5.75 Å². The van der Waals surface area contributed by atoms with E-state index in [0.29, 0.717) is 11.6 Å². The van der Waals surface area contributed by atoms with Gasteiger partial charge < -0.3 is 9.84 Å². The number of carbonyl (C=O) groups is 1. The molecule has 1 heterocycles. The number of rotatable bonds is 4. The standard InChI is InChI=1S/C10H10N4O3/c1-14-12-10(11-13-14)7-2-4-8(5-3-7)17-6-9(15)16/h2-5H,6H2,1H3,(H,15,16). The van der Waals surface area contributed by atoms with Crippen molar-refractivity contribution in [3.8, 4) is 17.1 Å². The fourth-order valence-electron chi connectivity index (χ4n) is 1.24. The lowest BCUT2D eigenvalue weighted by Crippen LogP contribution is -2.09. The van der Waals surface area contributed by atoms with Crippen molar-refractivity contribution in [1.82, 2.24) is 20.2 Å². The van der Waals surface area contributed by atoms with Crippen molar-refractivity contribution >= 4 is 5.97 Å². The molecule has 0 unspecified atom stereocenters. The van der Waals surface area contributed by atoms with Gasteiger partial charge in [-0.1, -0.05) is 0 Å². The summed E-state index contributed by atoms with van der Waals surface area (Å²) >= 11 is 0. The van der Waals surface area contributed by atoms with E-state index in [0.717, 1.165) is 5.56 Å². The fourth-order valence-corrected chi connectivity index (χ4v) is 1.24. The summed E-state index contributed by atoms with van der Waals surface area (Å²) < 4.78 is 5.00. The first-order valence-corrected chi connectivity index (χ1v) is 4.84. The molecular formula is C10H10N4O3. The van der Waals surface area contributed by atoms with E-state index in [1.807, 2.05) is 0 Å². The number of aryl methyl sites for hydroxylation is 1. The average molecular weight is 234 g/mol. The number of hydrogen-bond donors (Lipinski definition) is 1. The number of hydrogen-bond acceptors (Lipinski definition) is 5. The number of aromatic nitrogens is 4. The summed E-state index contributed by atoms with van der Waals surface area (Å²) in [4.78, 5) is 11.7. The number of carboxylic acids is 1. The second-order valence-corrected chi connectivity index (χ2v) is 3.31. The highest BCUT2D eigenvalue weighted by atomic mass is 16.5. The highest BCUT2D eigenvalue weighted by molar-refractivity contribution is 5.68. The zero-order chi connectivity index (χ0) is 12.3. The van der Waals surface area contributed by atoms with Crippen molar-refractivity contribution in [2.75, 3.05) is 6.61 Å². The van der Waals surface area contributed by atoms with Crippen molar-refractivity contribution in [1.29, 1.82) is 0 Å². The van der Waals surface area contributed by atoms with Crippen molar-refractivity contribution in [2.45, 2.75) is 0 Å². The van der Waals surface area contributed by atoms with Crippen LogP contribution in [0.4, 0.5) is 0 Å². The summed E-state index contributed by atoms with van der Waals surface area (Å²) in [6.07, 6.45) is 0. The third-order valence-corrected chi connectivity index (χ3v) is 1.98. The van der Waals surface area contributed by atoms with E-state index in [-0.39, 0.29) is 6.61 Å². The minimum atomic E-state index is -1.01. The largest absolute Gasteiger partial charge is 0.482 e. The highest BCUT2D eigenvalue weighted by Gasteiger charge is 2.05. The number of aliphatic carboxylic acids is 1. The summed E-state index contributed by atoms with van der Waals surface area (Å²) in [5, 5.41) is 20.1. The van der Waals surface area contributed by atoms with Gasteiger partial charge in [0.2, 0.25) is 5.82 Å². The topological polar surface area (TPSA) is 90.1 Å². The van der Waals surface area contributed by atoms with Crippen molar-refractivity contribution in [2.24, 2.45) is 7.05 Å². The number of ether oxygens (including phenoxy) is 1. The number of nitrogens with zero attached hydrogens (tertiary/aromatic N) is 4. The fraction of sp³-hybridized carbons (Fsp3) is 0.200. The van der Waals surface area contributed by atoms with Crippen LogP contribution in [-0.4, -0.2) is 37.9 Å². The van der Waals surface area contributed by atoms with Gasteiger partial charge in [0.25, 0.3) is 0 Å². The smallest absolute Gasteiger partial charge is 0.341 e. The molecule has 88 valence electrons. The lowest BCUT2D eigenvalue weighted by Gasteiger charge is -2.02. The van der Waals surface area contributed by atoms with Crippen LogP contribution in [0.2, 0.25) is 0 Å². The molecule has 1 aromatic heterocycles. The van der Waals surface area contributed by atoms with E-state index in [1.54, 1.807) is 31.3 Å². The van der Waals surface area contributed by atoms with Crippen LogP contribution in [-0.2, 0) is 11.8 Å². The predicted octanol–water partition coefficient (Wildman–Crippen LogP) is 0.340. The van der Waals surface area contributed by atoms with Gasteiger partial charge in [-0.25, -0.2) is 4.79 Å². The van der Waals surface area contributed by atoms with Gasteiger partial charge in [0.05, 0.1) is 7.05 Å². The SMILES string of the molecule is Cn1nnc(-c2ccc(OCC(=O)O)cc2)n1. The molecule has 0 atom stereocenters. The van der Waals surface area contributed by atoms with E-state index in [9.17, 15) is 4.79 Å². The first-order valence-electron chi connectivity index (χ1n) is 4.84. The van der Waals surface area contributed by atoms with Crippen molar-refractivity contribution in [3.05, 3.63) is 24.3 Å². The zero-order valence-corrected chi connectivity index (χ0v) is 9.07. The van der Waals surface area contributed by atoms with Crippen molar-refractivity contribution < 1.29 is 14.6 Å². The van der Waals surface area contributed by atoms with E-state index < -0.39 is 5.97 Å². The van der Waals surface area contributed by atoms with Gasteiger partial charge in [-0.15, -0.1) is 10.2 Å². The Kier molecular flexibility index (Phi) is 2.99. The summed E-state index contributed by atoms with van der Waals surface area (Å²) in [5.41, 5.74) is 0.792. The van der Waals surface area contributed by atoms with Crippen LogP contribution < -0.4 is 4.74 Å². The molecule has 0 aliphatic heterocycles. The molecule has 1 N–H and O–H groups in total. The van der Waals surface area contributed by atoms with Crippen LogP contribution in [0.15, 0.2) is 24.3 Å². The Morgan fingerprint density at radius 3 is 2.65 bits per heavy atom. The molecule has 0 saturated carbocycles. The van der Waals surface area contributed by atoms with E-state index in [4.69, 9.17) is 9.84 Å². The molecule has 2 rings (SSSR count). The molecule has 0 fully saturated rings. The second kappa shape index (κ2) is 4.60. The van der Waals surface area contributed by atoms with E-state index >= 15 is 0 Å². The molecule has 7 heteroatoms. The van der Waals surface area contributed by atoms with Crippen LogP contribution in [0.5, 0.6) is 5.75 Å². The van der Waals surface area contributed by atoms with Crippen molar-refractivity contribution in [3.63, 3.8) is 0 Å². The second-order valence-electron chi connectivity index (χ2n) is 3.31. The molecule has 1 aromatic carbocycles. The molecule has 0 saturated heterocycles. The molecule has 0 amide bonds. The van der Waals surface area contributed by atoms with E-state index in [1.165, 1.54) is 4.80 Å². The minimum Gasteiger partial charge on any atom is -0.482 e. The van der Waals surface area contributed by atoms with Crippen LogP contribution in [0.1, 0.15) is 0 Å². The summed E-state index contributed by atoms with van der Waals surface area (Å²) in [5.74, 6) is -0.0120. The summed E-state index contributed by atoms with van der Waals surface area (Å²) in [6.45, 7) is -0.358. The van der Waals surface area contributed by atoms with Gasteiger partial charge in [-0.2, -0.15) is 4.80 Å². The third-order valence-electron chi connectivity index (χ3n) is 1.98. The third kappa shape index (κ3) is 2.77. The van der Waals surface area contributed by atoms with Crippen LogP contribution in [0.25, 0.3) is 11.4 Å². The lowest BCUT2D eigenvalue weighted by atomic mass is 10.2. The maximum absolute atomic E-state index is 10.3. The summed E-state index contributed by atoms with van der Waals surface area (Å²) in [7, 11) is 1.68. The Bertz CT molecular complexity index is 521. The Labute approximate surface area is 96.6 Å². The van der Waals surface area contributed by atoms with Gasteiger partial charge in [-0.3, -0.25) is 0 Å². The number of tetrazole rings is 1. The Morgan fingerprint density at radius 1 is 1.41 bits per heavy atom. The van der Waals surface area contributed by atoms with Crippen LogP contribution >= 0.6 is 0 Å². The predicted molar refractivity (Wildman–Crippen MR) is 57.4 cm³/mol. The monoisotopic (exact) mass is 234 g/mol. The van der Waals surface area contributed by atoms with Gasteiger partial charge in [-0.05, 0) is 29.5 Å². The van der Waals surface area contributed by atoms with Crippen LogP contribution in [0, 0.1) is 0 Å². The lowest BCUT2D eigenvalue weighted by molar-refractivity contribution is -0.139.